The molecule has 1 unspecified atom stereocenters. The van der Waals surface area contributed by atoms with Crippen LogP contribution in [-0.2, 0) is 0 Å². The lowest BCUT2D eigenvalue weighted by Crippen LogP contribution is -2.38. The Kier molecular flexibility index (Phi) is 4.39. The van der Waals surface area contributed by atoms with Crippen molar-refractivity contribution < 1.29 is 5.11 Å². The molecule has 0 aromatic rings. The predicted octanol–water partition coefficient (Wildman–Crippen LogP) is 2.17. The van der Waals surface area contributed by atoms with E-state index < -0.39 is 0 Å². The fraction of sp³-hybridized carbons (Fsp3) is 1.00. The minimum Gasteiger partial charge on any atom is -0.391 e. The third-order valence-electron chi connectivity index (χ3n) is 3.25. The molecule has 0 aliphatic heterocycles. The van der Waals surface area contributed by atoms with Gasteiger partial charge < -0.3 is 10.4 Å². The van der Waals surface area contributed by atoms with E-state index in [-0.39, 0.29) is 11.5 Å². The highest BCUT2D eigenvalue weighted by molar-refractivity contribution is 4.76. The molecule has 2 nitrogen and oxygen atoms in total. The lowest BCUT2D eigenvalue weighted by atomic mass is 9.89. The number of aliphatic hydroxyl groups is 1. The Morgan fingerprint density at radius 3 is 2.36 bits per heavy atom. The summed E-state index contributed by atoms with van der Waals surface area (Å²) < 4.78 is 0. The van der Waals surface area contributed by atoms with Crippen molar-refractivity contribution >= 4 is 0 Å². The molecule has 1 saturated carbocycles. The third kappa shape index (κ3) is 3.97. The number of rotatable bonds is 4. The van der Waals surface area contributed by atoms with E-state index in [2.05, 4.69) is 26.1 Å². The van der Waals surface area contributed by atoms with E-state index in [1.165, 1.54) is 25.7 Å². The zero-order valence-electron chi connectivity index (χ0n) is 9.84. The van der Waals surface area contributed by atoms with Crippen LogP contribution in [0.2, 0.25) is 0 Å². The van der Waals surface area contributed by atoms with Gasteiger partial charge in [0.1, 0.15) is 0 Å². The summed E-state index contributed by atoms with van der Waals surface area (Å²) >= 11 is 0. The molecule has 0 spiro atoms. The Morgan fingerprint density at radius 2 is 1.86 bits per heavy atom. The smallest absolute Gasteiger partial charge is 0.0712 e. The summed E-state index contributed by atoms with van der Waals surface area (Å²) in [4.78, 5) is 0. The van der Waals surface area contributed by atoms with Gasteiger partial charge in [0.2, 0.25) is 0 Å². The molecule has 2 heteroatoms. The van der Waals surface area contributed by atoms with Crippen molar-refractivity contribution in [2.24, 2.45) is 11.3 Å². The molecule has 1 atom stereocenters. The van der Waals surface area contributed by atoms with Crippen LogP contribution in [0, 0.1) is 11.3 Å². The van der Waals surface area contributed by atoms with E-state index in [9.17, 15) is 5.11 Å². The summed E-state index contributed by atoms with van der Waals surface area (Å²) in [5, 5.41) is 13.2. The topological polar surface area (TPSA) is 32.3 Å². The highest BCUT2D eigenvalue weighted by Gasteiger charge is 2.22. The lowest BCUT2D eigenvalue weighted by Gasteiger charge is -2.26. The molecule has 0 saturated heterocycles. The molecule has 1 aliphatic carbocycles. The fourth-order valence-corrected chi connectivity index (χ4v) is 1.94. The van der Waals surface area contributed by atoms with E-state index in [0.717, 1.165) is 19.0 Å². The van der Waals surface area contributed by atoms with Crippen molar-refractivity contribution in [2.45, 2.75) is 52.6 Å². The molecular weight excluding hydrogens is 174 g/mol. The van der Waals surface area contributed by atoms with Gasteiger partial charge in [0.25, 0.3) is 0 Å². The average molecular weight is 199 g/mol. The lowest BCUT2D eigenvalue weighted by molar-refractivity contribution is 0.0623. The van der Waals surface area contributed by atoms with E-state index in [0.29, 0.717) is 0 Å². The van der Waals surface area contributed by atoms with Gasteiger partial charge in [-0.05, 0) is 30.7 Å². The van der Waals surface area contributed by atoms with Gasteiger partial charge in [0.15, 0.2) is 0 Å². The summed E-state index contributed by atoms with van der Waals surface area (Å²) in [6.07, 6.45) is 5.31. The molecule has 0 heterocycles. The zero-order chi connectivity index (χ0) is 10.6. The Balaban J connectivity index is 2.08. The maximum absolute atomic E-state index is 9.80. The van der Waals surface area contributed by atoms with Crippen molar-refractivity contribution in [1.82, 2.24) is 5.32 Å². The standard InChI is InChI=1S/C12H25NO/c1-12(2,3)11(14)9-13-8-10-6-4-5-7-10/h10-11,13-14H,4-9H2,1-3H3. The van der Waals surface area contributed by atoms with Crippen LogP contribution in [0.25, 0.3) is 0 Å². The molecule has 1 fully saturated rings. The first kappa shape index (κ1) is 12.0. The van der Waals surface area contributed by atoms with Crippen LogP contribution >= 0.6 is 0 Å². The van der Waals surface area contributed by atoms with Crippen LogP contribution in [0.15, 0.2) is 0 Å². The summed E-state index contributed by atoms with van der Waals surface area (Å²) in [6, 6.07) is 0. The summed E-state index contributed by atoms with van der Waals surface area (Å²) in [5.74, 6) is 0.863. The monoisotopic (exact) mass is 199 g/mol. The Hall–Kier alpha value is -0.0800. The number of nitrogens with one attached hydrogen (secondary N) is 1. The minimum absolute atomic E-state index is 0.00265. The summed E-state index contributed by atoms with van der Waals surface area (Å²) in [5.41, 5.74) is 0.00265. The molecule has 0 radical (unpaired) electrons. The van der Waals surface area contributed by atoms with Gasteiger partial charge in [-0.2, -0.15) is 0 Å². The molecule has 0 aromatic carbocycles. The molecule has 1 aliphatic rings. The van der Waals surface area contributed by atoms with Gasteiger partial charge >= 0.3 is 0 Å². The quantitative estimate of drug-likeness (QED) is 0.727. The predicted molar refractivity (Wildman–Crippen MR) is 60.3 cm³/mol. The second-order valence-corrected chi connectivity index (χ2v) is 5.69. The van der Waals surface area contributed by atoms with Gasteiger partial charge in [-0.15, -0.1) is 0 Å². The third-order valence-corrected chi connectivity index (χ3v) is 3.25. The zero-order valence-corrected chi connectivity index (χ0v) is 9.84. The molecular formula is C12H25NO. The first-order valence-corrected chi connectivity index (χ1v) is 5.89. The second-order valence-electron chi connectivity index (χ2n) is 5.69. The van der Waals surface area contributed by atoms with Crippen LogP contribution in [0.3, 0.4) is 0 Å². The fourth-order valence-electron chi connectivity index (χ4n) is 1.94. The molecule has 0 amide bonds. The van der Waals surface area contributed by atoms with Gasteiger partial charge in [-0.3, -0.25) is 0 Å². The highest BCUT2D eigenvalue weighted by atomic mass is 16.3. The normalized spacial score (nSPS) is 21.4. The average Bonchev–Trinajstić information content (AvgIpc) is 2.55. The van der Waals surface area contributed by atoms with E-state index in [4.69, 9.17) is 0 Å². The van der Waals surface area contributed by atoms with E-state index >= 15 is 0 Å². The Bertz CT molecular complexity index is 156. The SMILES string of the molecule is CC(C)(C)C(O)CNCC1CCCC1. The van der Waals surface area contributed by atoms with Gasteiger partial charge in [-0.25, -0.2) is 0 Å². The maximum Gasteiger partial charge on any atom is 0.0712 e. The van der Waals surface area contributed by atoms with Crippen LogP contribution < -0.4 is 5.32 Å². The van der Waals surface area contributed by atoms with E-state index in [1.54, 1.807) is 0 Å². The van der Waals surface area contributed by atoms with Crippen molar-refractivity contribution in [3.05, 3.63) is 0 Å². The highest BCUT2D eigenvalue weighted by Crippen LogP contribution is 2.24. The number of hydrogen-bond acceptors (Lipinski definition) is 2. The van der Waals surface area contributed by atoms with Crippen molar-refractivity contribution in [3.8, 4) is 0 Å². The van der Waals surface area contributed by atoms with Crippen LogP contribution in [-0.4, -0.2) is 24.3 Å². The second kappa shape index (κ2) is 5.13. The van der Waals surface area contributed by atoms with Crippen molar-refractivity contribution in [2.75, 3.05) is 13.1 Å². The molecule has 14 heavy (non-hydrogen) atoms. The van der Waals surface area contributed by atoms with Crippen LogP contribution in [0.4, 0.5) is 0 Å². The molecule has 0 aromatic heterocycles. The van der Waals surface area contributed by atoms with Crippen LogP contribution in [0.1, 0.15) is 46.5 Å². The van der Waals surface area contributed by atoms with E-state index in [1.807, 2.05) is 0 Å². The van der Waals surface area contributed by atoms with Gasteiger partial charge in [0, 0.05) is 6.54 Å². The maximum atomic E-state index is 9.80. The molecule has 1 rings (SSSR count). The largest absolute Gasteiger partial charge is 0.391 e. The summed E-state index contributed by atoms with van der Waals surface area (Å²) in [6.45, 7) is 8.06. The van der Waals surface area contributed by atoms with Crippen molar-refractivity contribution in [3.63, 3.8) is 0 Å². The van der Waals surface area contributed by atoms with Crippen molar-refractivity contribution in [1.29, 1.82) is 0 Å². The minimum atomic E-state index is -0.232. The Morgan fingerprint density at radius 1 is 1.29 bits per heavy atom. The summed E-state index contributed by atoms with van der Waals surface area (Å²) in [7, 11) is 0. The van der Waals surface area contributed by atoms with Gasteiger partial charge in [-0.1, -0.05) is 33.6 Å². The Labute approximate surface area is 88.1 Å². The van der Waals surface area contributed by atoms with Gasteiger partial charge in [0.05, 0.1) is 6.10 Å². The number of hydrogen-bond donors (Lipinski definition) is 2. The molecule has 2 N–H and O–H groups in total. The first-order valence-electron chi connectivity index (χ1n) is 5.89. The first-order chi connectivity index (χ1) is 6.50. The number of aliphatic hydroxyl groups excluding tert-OH is 1. The molecule has 84 valence electrons. The molecule has 0 bridgehead atoms. The van der Waals surface area contributed by atoms with Crippen LogP contribution in [0.5, 0.6) is 0 Å².